The lowest BCUT2D eigenvalue weighted by molar-refractivity contribution is 0.0696. The zero-order valence-corrected chi connectivity index (χ0v) is 10.2. The van der Waals surface area contributed by atoms with Crippen LogP contribution in [0.2, 0.25) is 0 Å². The monoisotopic (exact) mass is 249 g/mol. The van der Waals surface area contributed by atoms with Crippen LogP contribution in [0.4, 0.5) is 0 Å². The van der Waals surface area contributed by atoms with Gasteiger partial charge < -0.3 is 9.84 Å². The Morgan fingerprint density at radius 1 is 1.41 bits per heavy atom. The first-order valence-electron chi connectivity index (χ1n) is 4.97. The number of carboxylic acids is 1. The summed E-state index contributed by atoms with van der Waals surface area (Å²) in [4.78, 5) is 15.7. The summed E-state index contributed by atoms with van der Waals surface area (Å²) in [6, 6.07) is 7.49. The number of aromatic nitrogens is 1. The molecule has 5 heteroatoms. The zero-order chi connectivity index (χ0) is 12.4. The molecule has 1 aromatic carbocycles. The number of aryl methyl sites for hydroxylation is 1. The van der Waals surface area contributed by atoms with Crippen LogP contribution < -0.4 is 4.74 Å². The van der Waals surface area contributed by atoms with Gasteiger partial charge in [-0.25, -0.2) is 9.78 Å². The SMILES string of the molecule is COc1ccccc1-c1sc(C(=O)O)nc1C. The van der Waals surface area contributed by atoms with Crippen LogP contribution in [-0.2, 0) is 0 Å². The molecule has 0 radical (unpaired) electrons. The maximum atomic E-state index is 10.9. The molecule has 88 valence electrons. The standard InChI is InChI=1S/C12H11NO3S/c1-7-10(17-11(13-7)12(14)15)8-5-3-4-6-9(8)16-2/h3-6H,1-2H3,(H,14,15). The average molecular weight is 249 g/mol. The quantitative estimate of drug-likeness (QED) is 0.908. The largest absolute Gasteiger partial charge is 0.496 e. The highest BCUT2D eigenvalue weighted by molar-refractivity contribution is 7.17. The lowest BCUT2D eigenvalue weighted by atomic mass is 10.1. The Hall–Kier alpha value is -1.88. The Kier molecular flexibility index (Phi) is 3.10. The first kappa shape index (κ1) is 11.6. The van der Waals surface area contributed by atoms with Crippen molar-refractivity contribution in [2.24, 2.45) is 0 Å². The van der Waals surface area contributed by atoms with Crippen LogP contribution in [0, 0.1) is 6.92 Å². The molecule has 0 bridgehead atoms. The summed E-state index contributed by atoms with van der Waals surface area (Å²) in [5, 5.41) is 9.01. The minimum Gasteiger partial charge on any atom is -0.496 e. The van der Waals surface area contributed by atoms with E-state index < -0.39 is 5.97 Å². The molecule has 0 amide bonds. The molecule has 4 nitrogen and oxygen atoms in total. The van der Waals surface area contributed by atoms with Crippen LogP contribution >= 0.6 is 11.3 Å². The molecular weight excluding hydrogens is 238 g/mol. The molecule has 0 atom stereocenters. The predicted octanol–water partition coefficient (Wildman–Crippen LogP) is 2.83. The molecule has 0 spiro atoms. The van der Waals surface area contributed by atoms with Gasteiger partial charge in [-0.3, -0.25) is 0 Å². The van der Waals surface area contributed by atoms with Crippen LogP contribution in [-0.4, -0.2) is 23.2 Å². The summed E-state index contributed by atoms with van der Waals surface area (Å²) < 4.78 is 5.26. The Morgan fingerprint density at radius 3 is 2.71 bits per heavy atom. The number of carboxylic acid groups (broad SMARTS) is 1. The average Bonchev–Trinajstić information content (AvgIpc) is 2.71. The third kappa shape index (κ3) is 2.14. The number of carbonyl (C=O) groups is 1. The molecule has 0 aliphatic rings. The van der Waals surface area contributed by atoms with Crippen molar-refractivity contribution in [3.05, 3.63) is 35.0 Å². The highest BCUT2D eigenvalue weighted by Gasteiger charge is 2.16. The molecule has 0 saturated carbocycles. The van der Waals surface area contributed by atoms with Crippen LogP contribution in [0.5, 0.6) is 5.75 Å². The van der Waals surface area contributed by atoms with E-state index in [0.717, 1.165) is 27.5 Å². The van der Waals surface area contributed by atoms with Crippen molar-refractivity contribution in [2.45, 2.75) is 6.92 Å². The molecule has 1 N–H and O–H groups in total. The van der Waals surface area contributed by atoms with Gasteiger partial charge in [-0.2, -0.15) is 0 Å². The van der Waals surface area contributed by atoms with Crippen molar-refractivity contribution >= 4 is 17.3 Å². The molecule has 1 aromatic heterocycles. The molecule has 0 aliphatic heterocycles. The number of ether oxygens (including phenoxy) is 1. The Balaban J connectivity index is 2.56. The van der Waals surface area contributed by atoms with Gasteiger partial charge in [0.25, 0.3) is 0 Å². The fourth-order valence-electron chi connectivity index (χ4n) is 1.57. The van der Waals surface area contributed by atoms with Gasteiger partial charge in [0.15, 0.2) is 0 Å². The summed E-state index contributed by atoms with van der Waals surface area (Å²) in [6.07, 6.45) is 0. The van der Waals surface area contributed by atoms with Gasteiger partial charge in [0.2, 0.25) is 5.01 Å². The van der Waals surface area contributed by atoms with Gasteiger partial charge in [-0.15, -0.1) is 11.3 Å². The number of para-hydroxylation sites is 1. The van der Waals surface area contributed by atoms with Gasteiger partial charge in [0, 0.05) is 5.56 Å². The predicted molar refractivity (Wildman–Crippen MR) is 65.8 cm³/mol. The summed E-state index contributed by atoms with van der Waals surface area (Å²) in [6.45, 7) is 1.80. The van der Waals surface area contributed by atoms with Crippen LogP contribution in [0.15, 0.2) is 24.3 Å². The van der Waals surface area contributed by atoms with E-state index in [1.54, 1.807) is 14.0 Å². The van der Waals surface area contributed by atoms with Gasteiger partial charge >= 0.3 is 5.97 Å². The van der Waals surface area contributed by atoms with Gasteiger partial charge in [-0.05, 0) is 19.1 Å². The van der Waals surface area contributed by atoms with Crippen molar-refractivity contribution in [1.29, 1.82) is 0 Å². The van der Waals surface area contributed by atoms with Gasteiger partial charge in [-0.1, -0.05) is 12.1 Å². The number of methoxy groups -OCH3 is 1. The molecule has 2 aromatic rings. The van der Waals surface area contributed by atoms with E-state index in [4.69, 9.17) is 9.84 Å². The normalized spacial score (nSPS) is 10.2. The molecule has 0 aliphatic carbocycles. The molecular formula is C12H11NO3S. The molecule has 17 heavy (non-hydrogen) atoms. The van der Waals surface area contributed by atoms with E-state index in [1.165, 1.54) is 0 Å². The summed E-state index contributed by atoms with van der Waals surface area (Å²) in [5.74, 6) is -0.282. The second-order valence-corrected chi connectivity index (χ2v) is 4.44. The van der Waals surface area contributed by atoms with Crippen molar-refractivity contribution in [1.82, 2.24) is 4.98 Å². The van der Waals surface area contributed by atoms with Crippen molar-refractivity contribution < 1.29 is 14.6 Å². The summed E-state index contributed by atoms with van der Waals surface area (Å²) in [7, 11) is 1.59. The van der Waals surface area contributed by atoms with E-state index >= 15 is 0 Å². The van der Waals surface area contributed by atoms with Gasteiger partial charge in [0.1, 0.15) is 5.75 Å². The zero-order valence-electron chi connectivity index (χ0n) is 9.43. The van der Waals surface area contributed by atoms with Crippen molar-refractivity contribution in [3.63, 3.8) is 0 Å². The third-order valence-electron chi connectivity index (χ3n) is 2.33. The fourth-order valence-corrected chi connectivity index (χ4v) is 2.51. The van der Waals surface area contributed by atoms with E-state index in [1.807, 2.05) is 24.3 Å². The molecule has 1 heterocycles. The first-order chi connectivity index (χ1) is 8.13. The number of aromatic carboxylic acids is 1. The lowest BCUT2D eigenvalue weighted by Crippen LogP contribution is -1.93. The van der Waals surface area contributed by atoms with Crippen LogP contribution in [0.1, 0.15) is 15.5 Å². The van der Waals surface area contributed by atoms with Gasteiger partial charge in [0.05, 0.1) is 17.7 Å². The second kappa shape index (κ2) is 4.55. The minimum atomic E-state index is -1.00. The highest BCUT2D eigenvalue weighted by Crippen LogP contribution is 2.36. The second-order valence-electron chi connectivity index (χ2n) is 3.44. The fraction of sp³-hybridized carbons (Fsp3) is 0.167. The Bertz CT molecular complexity index is 563. The van der Waals surface area contributed by atoms with Crippen LogP contribution in [0.25, 0.3) is 10.4 Å². The molecule has 0 fully saturated rings. The minimum absolute atomic E-state index is 0.100. The number of thiazole rings is 1. The molecule has 0 saturated heterocycles. The topological polar surface area (TPSA) is 59.4 Å². The molecule has 0 unspecified atom stereocenters. The highest BCUT2D eigenvalue weighted by atomic mass is 32.1. The summed E-state index contributed by atoms with van der Waals surface area (Å²) in [5.41, 5.74) is 1.58. The Labute approximate surface area is 103 Å². The first-order valence-corrected chi connectivity index (χ1v) is 5.79. The third-order valence-corrected chi connectivity index (χ3v) is 3.51. The number of hydrogen-bond donors (Lipinski definition) is 1. The smallest absolute Gasteiger partial charge is 0.365 e. The Morgan fingerprint density at radius 2 is 2.12 bits per heavy atom. The molecule has 2 rings (SSSR count). The lowest BCUT2D eigenvalue weighted by Gasteiger charge is -2.06. The maximum absolute atomic E-state index is 10.9. The van der Waals surface area contributed by atoms with Crippen molar-refractivity contribution in [2.75, 3.05) is 7.11 Å². The van der Waals surface area contributed by atoms with Crippen LogP contribution in [0.3, 0.4) is 0 Å². The number of rotatable bonds is 3. The number of benzene rings is 1. The van der Waals surface area contributed by atoms with Crippen molar-refractivity contribution in [3.8, 4) is 16.2 Å². The maximum Gasteiger partial charge on any atom is 0.365 e. The van der Waals surface area contributed by atoms with E-state index in [0.29, 0.717) is 5.69 Å². The number of hydrogen-bond acceptors (Lipinski definition) is 4. The van der Waals surface area contributed by atoms with E-state index in [2.05, 4.69) is 4.98 Å². The summed E-state index contributed by atoms with van der Waals surface area (Å²) >= 11 is 1.16. The van der Waals surface area contributed by atoms with E-state index in [-0.39, 0.29) is 5.01 Å². The number of nitrogens with zero attached hydrogens (tertiary/aromatic N) is 1. The van der Waals surface area contributed by atoms with E-state index in [9.17, 15) is 4.79 Å².